The third-order valence-electron chi connectivity index (χ3n) is 5.28. The van der Waals surface area contributed by atoms with Crippen LogP contribution < -0.4 is 21.3 Å². The van der Waals surface area contributed by atoms with Crippen LogP contribution in [0, 0.1) is 0 Å². The molecular formula is C20H21N7O3. The van der Waals surface area contributed by atoms with Gasteiger partial charge >= 0.3 is 5.69 Å². The molecule has 2 N–H and O–H groups in total. The number of aromatic nitrogens is 4. The largest absolute Gasteiger partial charge is 0.497 e. The van der Waals surface area contributed by atoms with E-state index in [4.69, 9.17) is 15.0 Å². The number of imidazole rings is 1. The van der Waals surface area contributed by atoms with Gasteiger partial charge in [-0.15, -0.1) is 0 Å². The third kappa shape index (κ3) is 2.72. The van der Waals surface area contributed by atoms with Gasteiger partial charge in [-0.3, -0.25) is 14.6 Å². The summed E-state index contributed by atoms with van der Waals surface area (Å²) in [7, 11) is 3.34. The summed E-state index contributed by atoms with van der Waals surface area (Å²) in [5.74, 6) is 8.59. The fourth-order valence-corrected chi connectivity index (χ4v) is 3.73. The van der Waals surface area contributed by atoms with E-state index in [0.29, 0.717) is 41.7 Å². The first kappa shape index (κ1) is 18.3. The molecule has 0 saturated carbocycles. The number of aryl methyl sites for hydroxylation is 3. The van der Waals surface area contributed by atoms with Crippen molar-refractivity contribution in [3.05, 3.63) is 70.2 Å². The molecule has 10 nitrogen and oxygen atoms in total. The molecule has 0 aliphatic carbocycles. The Labute approximate surface area is 171 Å². The third-order valence-corrected chi connectivity index (χ3v) is 5.28. The molecule has 10 heteroatoms. The maximum atomic E-state index is 13.0. The summed E-state index contributed by atoms with van der Waals surface area (Å²) in [6.07, 6.45) is 2.26. The van der Waals surface area contributed by atoms with Gasteiger partial charge in [0.2, 0.25) is 5.78 Å². The lowest BCUT2D eigenvalue weighted by Crippen LogP contribution is -2.37. The van der Waals surface area contributed by atoms with Gasteiger partial charge < -0.3 is 9.15 Å². The van der Waals surface area contributed by atoms with Crippen molar-refractivity contribution < 1.29 is 9.15 Å². The van der Waals surface area contributed by atoms with Crippen molar-refractivity contribution in [2.24, 2.45) is 17.9 Å². The molecule has 4 aromatic rings. The van der Waals surface area contributed by atoms with Crippen LogP contribution in [0.3, 0.4) is 0 Å². The molecule has 0 bridgehead atoms. The topological polar surface area (TPSA) is 108 Å². The summed E-state index contributed by atoms with van der Waals surface area (Å²) in [4.78, 5) is 22.2. The minimum Gasteiger partial charge on any atom is -0.497 e. The lowest BCUT2D eigenvalue weighted by molar-refractivity contribution is 0.414. The Morgan fingerprint density at radius 1 is 1.23 bits per heavy atom. The molecule has 1 aromatic carbocycles. The molecule has 154 valence electrons. The van der Waals surface area contributed by atoms with Crippen LogP contribution in [-0.4, -0.2) is 38.2 Å². The number of furan rings is 1. The molecular weight excluding hydrogens is 386 g/mol. The maximum absolute atomic E-state index is 13.0. The lowest BCUT2D eigenvalue weighted by Gasteiger charge is -2.20. The molecule has 0 saturated heterocycles. The van der Waals surface area contributed by atoms with Crippen molar-refractivity contribution >= 4 is 17.3 Å². The van der Waals surface area contributed by atoms with E-state index in [0.717, 1.165) is 11.3 Å². The van der Waals surface area contributed by atoms with Crippen LogP contribution in [0.2, 0.25) is 0 Å². The number of hydrazine groups is 1. The number of ether oxygens (including phenoxy) is 1. The van der Waals surface area contributed by atoms with Crippen molar-refractivity contribution in [1.82, 2.24) is 18.7 Å². The van der Waals surface area contributed by atoms with Gasteiger partial charge in [-0.1, -0.05) is 12.1 Å². The van der Waals surface area contributed by atoms with Crippen molar-refractivity contribution in [3.63, 3.8) is 0 Å². The SMILES string of the molecule is COc1ccc(CCn2c(=O)n(C)n3c4c(nc23)N(N)CN=C4c2ccco2)cc1. The Balaban J connectivity index is 1.58. The van der Waals surface area contributed by atoms with Gasteiger partial charge in [0.15, 0.2) is 11.6 Å². The Morgan fingerprint density at radius 2 is 2.03 bits per heavy atom. The second-order valence-electron chi connectivity index (χ2n) is 7.05. The fraction of sp³-hybridized carbons (Fsp3) is 0.250. The Bertz CT molecular complexity index is 1290. The molecule has 1 aliphatic rings. The Kier molecular flexibility index (Phi) is 4.21. The highest BCUT2D eigenvalue weighted by Gasteiger charge is 2.30. The number of nitrogens with two attached hydrogens (primary N) is 1. The minimum atomic E-state index is -0.165. The first-order valence-electron chi connectivity index (χ1n) is 9.50. The number of aliphatic imine (C=N–C) groups is 1. The predicted octanol–water partition coefficient (Wildman–Crippen LogP) is 1.17. The van der Waals surface area contributed by atoms with Crippen LogP contribution in [0.4, 0.5) is 5.82 Å². The molecule has 30 heavy (non-hydrogen) atoms. The highest BCUT2D eigenvalue weighted by atomic mass is 16.5. The highest BCUT2D eigenvalue weighted by molar-refractivity contribution is 6.14. The normalized spacial score (nSPS) is 13.6. The summed E-state index contributed by atoms with van der Waals surface area (Å²) in [5.41, 5.74) is 2.18. The average Bonchev–Trinajstić information content (AvgIpc) is 3.47. The van der Waals surface area contributed by atoms with Crippen LogP contribution in [0.25, 0.3) is 5.78 Å². The molecule has 0 spiro atoms. The van der Waals surface area contributed by atoms with E-state index in [2.05, 4.69) is 9.98 Å². The number of anilines is 1. The number of rotatable bonds is 5. The smallest absolute Gasteiger partial charge is 0.345 e. The van der Waals surface area contributed by atoms with Crippen molar-refractivity contribution in [2.75, 3.05) is 18.8 Å². The Hall–Kier alpha value is -3.79. The number of nitrogens with zero attached hydrogens (tertiary/aromatic N) is 6. The fourth-order valence-electron chi connectivity index (χ4n) is 3.73. The second kappa shape index (κ2) is 6.92. The quantitative estimate of drug-likeness (QED) is 0.498. The summed E-state index contributed by atoms with van der Waals surface area (Å²) in [6.45, 7) is 0.728. The van der Waals surface area contributed by atoms with Gasteiger partial charge in [0.25, 0.3) is 0 Å². The molecule has 0 amide bonds. The molecule has 4 heterocycles. The van der Waals surface area contributed by atoms with E-state index in [1.165, 1.54) is 9.69 Å². The number of benzene rings is 1. The van der Waals surface area contributed by atoms with Gasteiger partial charge in [-0.25, -0.2) is 19.8 Å². The van der Waals surface area contributed by atoms with E-state index in [9.17, 15) is 4.79 Å². The lowest BCUT2D eigenvalue weighted by atomic mass is 10.1. The standard InChI is InChI=1S/C20H21N7O3/c1-24-20(28)25(10-9-13-5-7-14(29-2)8-6-13)19-23-18-17(27(19)24)16(22-12-26(18)21)15-4-3-11-30-15/h3-8,11H,9-10,12,21H2,1-2H3. The highest BCUT2D eigenvalue weighted by Crippen LogP contribution is 2.27. The van der Waals surface area contributed by atoms with Gasteiger partial charge in [0, 0.05) is 13.6 Å². The van der Waals surface area contributed by atoms with Crippen LogP contribution in [0.1, 0.15) is 17.0 Å². The van der Waals surface area contributed by atoms with Gasteiger partial charge in [-0.2, -0.15) is 4.98 Å². The van der Waals surface area contributed by atoms with Crippen LogP contribution in [-0.2, 0) is 20.0 Å². The zero-order chi connectivity index (χ0) is 20.8. The molecule has 3 aromatic heterocycles. The number of hydrogen-bond acceptors (Lipinski definition) is 7. The predicted molar refractivity (Wildman–Crippen MR) is 111 cm³/mol. The summed E-state index contributed by atoms with van der Waals surface area (Å²) in [6, 6.07) is 11.4. The molecule has 0 atom stereocenters. The monoisotopic (exact) mass is 407 g/mol. The van der Waals surface area contributed by atoms with E-state index < -0.39 is 0 Å². The summed E-state index contributed by atoms with van der Waals surface area (Å²) in [5, 5.41) is 1.47. The zero-order valence-corrected chi connectivity index (χ0v) is 16.6. The van der Waals surface area contributed by atoms with Crippen LogP contribution in [0.5, 0.6) is 5.75 Å². The summed E-state index contributed by atoms with van der Waals surface area (Å²) >= 11 is 0. The first-order chi connectivity index (χ1) is 14.6. The van der Waals surface area contributed by atoms with Crippen molar-refractivity contribution in [1.29, 1.82) is 0 Å². The van der Waals surface area contributed by atoms with Crippen molar-refractivity contribution in [2.45, 2.75) is 13.0 Å². The number of hydrogen-bond donors (Lipinski definition) is 1. The van der Waals surface area contributed by atoms with E-state index in [-0.39, 0.29) is 12.4 Å². The number of methoxy groups -OCH3 is 1. The Morgan fingerprint density at radius 3 is 2.73 bits per heavy atom. The van der Waals surface area contributed by atoms with Gasteiger partial charge in [0.1, 0.15) is 23.8 Å². The summed E-state index contributed by atoms with van der Waals surface area (Å²) < 4.78 is 15.7. The second-order valence-corrected chi connectivity index (χ2v) is 7.05. The number of fused-ring (bicyclic) bond motifs is 3. The van der Waals surface area contributed by atoms with Crippen molar-refractivity contribution in [3.8, 4) is 5.75 Å². The van der Waals surface area contributed by atoms with E-state index in [1.54, 1.807) is 35.6 Å². The molecule has 5 rings (SSSR count). The molecule has 0 fully saturated rings. The van der Waals surface area contributed by atoms with Crippen LogP contribution >= 0.6 is 0 Å². The zero-order valence-electron chi connectivity index (χ0n) is 16.6. The average molecular weight is 407 g/mol. The van der Waals surface area contributed by atoms with Gasteiger partial charge in [-0.05, 0) is 36.2 Å². The maximum Gasteiger partial charge on any atom is 0.345 e. The first-order valence-corrected chi connectivity index (χ1v) is 9.50. The van der Waals surface area contributed by atoms with E-state index in [1.807, 2.05) is 30.3 Å². The minimum absolute atomic E-state index is 0.165. The molecule has 0 radical (unpaired) electrons. The molecule has 0 unspecified atom stereocenters. The van der Waals surface area contributed by atoms with Crippen LogP contribution in [0.15, 0.2) is 56.9 Å². The van der Waals surface area contributed by atoms with Gasteiger partial charge in [0.05, 0.1) is 13.4 Å². The molecule has 1 aliphatic heterocycles. The van der Waals surface area contributed by atoms with E-state index >= 15 is 0 Å².